The van der Waals surface area contributed by atoms with Crippen LogP contribution in [0.1, 0.15) is 32.6 Å². The highest BCUT2D eigenvalue weighted by atomic mass is 16.2. The Bertz CT molecular complexity index is 192. The summed E-state index contributed by atoms with van der Waals surface area (Å²) in [7, 11) is 4.14. The van der Waals surface area contributed by atoms with Crippen molar-refractivity contribution < 1.29 is 4.79 Å². The standard InChI is InChI=1S/C11H22N2O/c1-4-6-11(14)13-8-5-7-10(13)9-12(2)3/h10H,4-9H2,1-3H3. The smallest absolute Gasteiger partial charge is 0.222 e. The summed E-state index contributed by atoms with van der Waals surface area (Å²) in [5, 5.41) is 0. The van der Waals surface area contributed by atoms with Crippen LogP contribution < -0.4 is 0 Å². The Hall–Kier alpha value is -0.570. The van der Waals surface area contributed by atoms with E-state index >= 15 is 0 Å². The van der Waals surface area contributed by atoms with Crippen LogP contribution in [-0.2, 0) is 4.79 Å². The number of carbonyl (C=O) groups is 1. The summed E-state index contributed by atoms with van der Waals surface area (Å²) in [5.41, 5.74) is 0. The molecule has 0 aliphatic carbocycles. The van der Waals surface area contributed by atoms with Crippen LogP contribution in [0.25, 0.3) is 0 Å². The SMILES string of the molecule is CCCC(=O)N1CCCC1CN(C)C. The van der Waals surface area contributed by atoms with Gasteiger partial charge >= 0.3 is 0 Å². The number of hydrogen-bond donors (Lipinski definition) is 0. The van der Waals surface area contributed by atoms with Crippen molar-refractivity contribution in [3.63, 3.8) is 0 Å². The third-order valence-electron chi connectivity index (χ3n) is 2.74. The van der Waals surface area contributed by atoms with Gasteiger partial charge in [0.2, 0.25) is 5.91 Å². The molecule has 0 aromatic rings. The molecule has 0 N–H and O–H groups in total. The molecule has 1 aliphatic rings. The molecule has 1 atom stereocenters. The summed E-state index contributed by atoms with van der Waals surface area (Å²) >= 11 is 0. The fraction of sp³-hybridized carbons (Fsp3) is 0.909. The quantitative estimate of drug-likeness (QED) is 0.680. The highest BCUT2D eigenvalue weighted by Crippen LogP contribution is 2.18. The molecular formula is C11H22N2O. The van der Waals surface area contributed by atoms with Gasteiger partial charge in [0.25, 0.3) is 0 Å². The van der Waals surface area contributed by atoms with Crippen LogP contribution in [-0.4, -0.2) is 48.9 Å². The normalized spacial score (nSPS) is 22.0. The van der Waals surface area contributed by atoms with E-state index in [2.05, 4.69) is 30.8 Å². The minimum Gasteiger partial charge on any atom is -0.338 e. The molecule has 0 spiro atoms. The second-order valence-electron chi connectivity index (χ2n) is 4.40. The number of nitrogens with zero attached hydrogens (tertiary/aromatic N) is 2. The predicted molar refractivity (Wildman–Crippen MR) is 58.2 cm³/mol. The molecule has 0 radical (unpaired) electrons. The summed E-state index contributed by atoms with van der Waals surface area (Å²) in [5.74, 6) is 0.344. The van der Waals surface area contributed by atoms with E-state index in [1.54, 1.807) is 0 Å². The average molecular weight is 198 g/mol. The van der Waals surface area contributed by atoms with Crippen molar-refractivity contribution in [2.75, 3.05) is 27.2 Å². The molecule has 1 amide bonds. The zero-order valence-corrected chi connectivity index (χ0v) is 9.62. The summed E-state index contributed by atoms with van der Waals surface area (Å²) in [6, 6.07) is 0.462. The molecule has 1 rings (SSSR count). The van der Waals surface area contributed by atoms with Gasteiger partial charge in [0.05, 0.1) is 0 Å². The lowest BCUT2D eigenvalue weighted by molar-refractivity contribution is -0.132. The number of carbonyl (C=O) groups excluding carboxylic acids is 1. The first kappa shape index (κ1) is 11.5. The molecule has 1 aliphatic heterocycles. The maximum Gasteiger partial charge on any atom is 0.222 e. The topological polar surface area (TPSA) is 23.6 Å². The molecule has 0 aromatic heterocycles. The van der Waals surface area contributed by atoms with E-state index in [1.165, 1.54) is 12.8 Å². The Labute approximate surface area is 87.1 Å². The lowest BCUT2D eigenvalue weighted by Crippen LogP contribution is -2.41. The van der Waals surface area contributed by atoms with Crippen LogP contribution in [0.5, 0.6) is 0 Å². The molecule has 0 saturated carbocycles. The van der Waals surface area contributed by atoms with Crippen LogP contribution >= 0.6 is 0 Å². The van der Waals surface area contributed by atoms with Gasteiger partial charge in [0.15, 0.2) is 0 Å². The second-order valence-corrected chi connectivity index (χ2v) is 4.40. The molecule has 82 valence electrons. The first-order chi connectivity index (χ1) is 6.65. The Balaban J connectivity index is 2.46. The van der Waals surface area contributed by atoms with E-state index in [9.17, 15) is 4.79 Å². The number of hydrogen-bond acceptors (Lipinski definition) is 2. The zero-order chi connectivity index (χ0) is 10.6. The first-order valence-corrected chi connectivity index (χ1v) is 5.59. The number of likely N-dealkylation sites (tertiary alicyclic amines) is 1. The fourth-order valence-electron chi connectivity index (χ4n) is 2.13. The van der Waals surface area contributed by atoms with E-state index < -0.39 is 0 Å². The van der Waals surface area contributed by atoms with E-state index in [4.69, 9.17) is 0 Å². The Morgan fingerprint density at radius 3 is 2.79 bits per heavy atom. The summed E-state index contributed by atoms with van der Waals surface area (Å²) in [6.07, 6.45) is 4.02. The maximum absolute atomic E-state index is 11.7. The van der Waals surface area contributed by atoms with Crippen molar-refractivity contribution in [1.82, 2.24) is 9.80 Å². The molecule has 1 fully saturated rings. The van der Waals surface area contributed by atoms with Crippen LogP contribution in [0.4, 0.5) is 0 Å². The van der Waals surface area contributed by atoms with Crippen LogP contribution in [0.3, 0.4) is 0 Å². The van der Waals surface area contributed by atoms with Gasteiger partial charge in [-0.3, -0.25) is 4.79 Å². The highest BCUT2D eigenvalue weighted by molar-refractivity contribution is 5.76. The summed E-state index contributed by atoms with van der Waals surface area (Å²) in [4.78, 5) is 16.0. The van der Waals surface area contributed by atoms with Crippen molar-refractivity contribution in [1.29, 1.82) is 0 Å². The molecule has 0 aromatic carbocycles. The van der Waals surface area contributed by atoms with E-state index in [1.807, 2.05) is 0 Å². The zero-order valence-electron chi connectivity index (χ0n) is 9.62. The van der Waals surface area contributed by atoms with Gasteiger partial charge < -0.3 is 9.80 Å². The van der Waals surface area contributed by atoms with E-state index in [0.717, 1.165) is 19.5 Å². The van der Waals surface area contributed by atoms with Gasteiger partial charge in [0.1, 0.15) is 0 Å². The Kier molecular flexibility index (Phi) is 4.39. The lowest BCUT2D eigenvalue weighted by atomic mass is 10.2. The van der Waals surface area contributed by atoms with Crippen molar-refractivity contribution in [3.05, 3.63) is 0 Å². The van der Waals surface area contributed by atoms with Gasteiger partial charge in [-0.25, -0.2) is 0 Å². The van der Waals surface area contributed by atoms with E-state index in [-0.39, 0.29) is 0 Å². The Morgan fingerprint density at radius 1 is 1.50 bits per heavy atom. The van der Waals surface area contributed by atoms with E-state index in [0.29, 0.717) is 18.4 Å². The van der Waals surface area contributed by atoms with Gasteiger partial charge in [-0.1, -0.05) is 6.92 Å². The lowest BCUT2D eigenvalue weighted by Gasteiger charge is -2.27. The number of rotatable bonds is 4. The van der Waals surface area contributed by atoms with Gasteiger partial charge in [0, 0.05) is 25.6 Å². The fourth-order valence-corrected chi connectivity index (χ4v) is 2.13. The van der Waals surface area contributed by atoms with Crippen molar-refractivity contribution >= 4 is 5.91 Å². The average Bonchev–Trinajstić information content (AvgIpc) is 2.51. The second kappa shape index (κ2) is 5.35. The first-order valence-electron chi connectivity index (χ1n) is 5.59. The predicted octanol–water partition coefficient (Wildman–Crippen LogP) is 1.34. The molecule has 1 heterocycles. The highest BCUT2D eigenvalue weighted by Gasteiger charge is 2.27. The summed E-state index contributed by atoms with van der Waals surface area (Å²) < 4.78 is 0. The molecule has 1 saturated heterocycles. The monoisotopic (exact) mass is 198 g/mol. The third-order valence-corrected chi connectivity index (χ3v) is 2.74. The van der Waals surface area contributed by atoms with Crippen molar-refractivity contribution in [2.24, 2.45) is 0 Å². The van der Waals surface area contributed by atoms with Crippen molar-refractivity contribution in [3.8, 4) is 0 Å². The molecule has 14 heavy (non-hydrogen) atoms. The molecule has 3 nitrogen and oxygen atoms in total. The molecule has 3 heteroatoms. The van der Waals surface area contributed by atoms with Crippen LogP contribution in [0, 0.1) is 0 Å². The van der Waals surface area contributed by atoms with Gasteiger partial charge in [-0.15, -0.1) is 0 Å². The minimum absolute atomic E-state index is 0.344. The van der Waals surface area contributed by atoms with Crippen LogP contribution in [0.15, 0.2) is 0 Å². The summed E-state index contributed by atoms with van der Waals surface area (Å²) in [6.45, 7) is 4.04. The molecular weight excluding hydrogens is 176 g/mol. The van der Waals surface area contributed by atoms with Crippen molar-refractivity contribution in [2.45, 2.75) is 38.6 Å². The third kappa shape index (κ3) is 2.98. The molecule has 0 bridgehead atoms. The number of likely N-dealkylation sites (N-methyl/N-ethyl adjacent to an activating group) is 1. The number of amides is 1. The van der Waals surface area contributed by atoms with Crippen LogP contribution in [0.2, 0.25) is 0 Å². The largest absolute Gasteiger partial charge is 0.338 e. The Morgan fingerprint density at radius 2 is 2.21 bits per heavy atom. The minimum atomic E-state index is 0.344. The maximum atomic E-state index is 11.7. The van der Waals surface area contributed by atoms with Gasteiger partial charge in [-0.2, -0.15) is 0 Å². The molecule has 1 unspecified atom stereocenters. The van der Waals surface area contributed by atoms with Gasteiger partial charge in [-0.05, 0) is 33.4 Å².